The average Bonchev–Trinajstić information content (AvgIpc) is 3.01. The fourth-order valence-corrected chi connectivity index (χ4v) is 5.50. The maximum atomic E-state index is 13.6. The van der Waals surface area contributed by atoms with E-state index in [-0.39, 0.29) is 29.1 Å². The van der Waals surface area contributed by atoms with Gasteiger partial charge in [-0.2, -0.15) is 18.3 Å². The molecule has 0 spiro atoms. The molecule has 1 saturated heterocycles. The van der Waals surface area contributed by atoms with Gasteiger partial charge < -0.3 is 15.3 Å². The van der Waals surface area contributed by atoms with Crippen LogP contribution in [0.15, 0.2) is 66.9 Å². The van der Waals surface area contributed by atoms with Gasteiger partial charge in [0.15, 0.2) is 0 Å². The van der Waals surface area contributed by atoms with Crippen molar-refractivity contribution in [1.29, 1.82) is 0 Å². The average molecular weight is 591 g/mol. The number of carbonyl (C=O) groups excluding carboxylic acids is 1. The molecule has 1 amide bonds. The predicted molar refractivity (Wildman–Crippen MR) is 157 cm³/mol. The number of anilines is 1. The molecule has 2 atom stereocenters. The molecule has 0 radical (unpaired) electrons. The van der Waals surface area contributed by atoms with Crippen LogP contribution in [0, 0.1) is 6.92 Å². The smallest absolute Gasteiger partial charge is 0.384 e. The highest BCUT2D eigenvalue weighted by atomic mass is 19.4. The normalized spacial score (nSPS) is 15.7. The summed E-state index contributed by atoms with van der Waals surface area (Å²) in [6.07, 6.45) is -2.75. The molecule has 1 fully saturated rings. The van der Waals surface area contributed by atoms with E-state index in [4.69, 9.17) is 4.98 Å². The van der Waals surface area contributed by atoms with Crippen LogP contribution in [-0.4, -0.2) is 55.3 Å². The summed E-state index contributed by atoms with van der Waals surface area (Å²) in [4.78, 5) is 23.1. The molecule has 2 N–H and O–H groups in total. The Labute approximate surface area is 248 Å². The van der Waals surface area contributed by atoms with Gasteiger partial charge in [-0.3, -0.25) is 4.79 Å². The van der Waals surface area contributed by atoms with E-state index in [0.29, 0.717) is 48.8 Å². The minimum Gasteiger partial charge on any atom is -0.384 e. The van der Waals surface area contributed by atoms with Crippen molar-refractivity contribution in [3.8, 4) is 22.5 Å². The number of alkyl halides is 3. The zero-order valence-electron chi connectivity index (χ0n) is 24.1. The van der Waals surface area contributed by atoms with E-state index >= 15 is 0 Å². The highest BCUT2D eigenvalue weighted by Crippen LogP contribution is 2.39. The number of likely N-dealkylation sites (tertiary alicyclic amines) is 1. The summed E-state index contributed by atoms with van der Waals surface area (Å²) in [6.45, 7) is 6.24. The number of benzene rings is 2. The van der Waals surface area contributed by atoms with Crippen molar-refractivity contribution in [1.82, 2.24) is 25.1 Å². The lowest BCUT2D eigenvalue weighted by Crippen LogP contribution is -2.42. The van der Waals surface area contributed by atoms with Crippen molar-refractivity contribution >= 4 is 11.9 Å². The Kier molecular flexibility index (Phi) is 8.72. The number of nitrogens with zero attached hydrogens (tertiary/aromatic N) is 5. The third-order valence-corrected chi connectivity index (χ3v) is 7.82. The Hall–Kier alpha value is -4.38. The summed E-state index contributed by atoms with van der Waals surface area (Å²) in [5.41, 5.74) is 3.36. The van der Waals surface area contributed by atoms with Crippen LogP contribution >= 0.6 is 0 Å². The monoisotopic (exact) mass is 590 g/mol. The molecule has 0 bridgehead atoms. The largest absolute Gasteiger partial charge is 0.416 e. The lowest BCUT2D eigenvalue weighted by atomic mass is 9.87. The Bertz CT molecular complexity index is 1590. The highest BCUT2D eigenvalue weighted by Gasteiger charge is 2.32. The van der Waals surface area contributed by atoms with Gasteiger partial charge in [-0.25, -0.2) is 9.97 Å². The van der Waals surface area contributed by atoms with E-state index in [1.54, 1.807) is 23.2 Å². The molecule has 0 aliphatic carbocycles. The highest BCUT2D eigenvalue weighted by molar-refractivity contribution is 5.82. The second-order valence-corrected chi connectivity index (χ2v) is 10.8. The van der Waals surface area contributed by atoms with Gasteiger partial charge >= 0.3 is 6.18 Å². The second kappa shape index (κ2) is 12.5. The van der Waals surface area contributed by atoms with Crippen molar-refractivity contribution in [2.24, 2.45) is 0 Å². The summed E-state index contributed by atoms with van der Waals surface area (Å²) < 4.78 is 40.9. The van der Waals surface area contributed by atoms with Crippen LogP contribution < -0.4 is 5.32 Å². The Morgan fingerprint density at radius 3 is 2.42 bits per heavy atom. The summed E-state index contributed by atoms with van der Waals surface area (Å²) >= 11 is 0. The van der Waals surface area contributed by atoms with E-state index in [1.165, 1.54) is 13.0 Å². The third kappa shape index (κ3) is 6.67. The molecule has 2 unspecified atom stereocenters. The van der Waals surface area contributed by atoms with Crippen LogP contribution in [0.2, 0.25) is 0 Å². The topological polar surface area (TPSA) is 104 Å². The van der Waals surface area contributed by atoms with Crippen LogP contribution in [0.4, 0.5) is 19.1 Å². The van der Waals surface area contributed by atoms with Crippen LogP contribution in [0.3, 0.4) is 0 Å². The molecule has 1 aliphatic heterocycles. The molecule has 11 heteroatoms. The molecular weight excluding hydrogens is 557 g/mol. The van der Waals surface area contributed by atoms with Crippen LogP contribution in [-0.2, 0) is 11.0 Å². The first-order valence-electron chi connectivity index (χ1n) is 14.2. The van der Waals surface area contributed by atoms with Crippen LogP contribution in [0.5, 0.6) is 0 Å². The third-order valence-electron chi connectivity index (χ3n) is 7.82. The van der Waals surface area contributed by atoms with Gasteiger partial charge in [-0.05, 0) is 62.9 Å². The lowest BCUT2D eigenvalue weighted by molar-refractivity contribution is -0.140. The SMILES string of the molecule is Cc1c(C2CCN(C(=O)C(C)O)CC2)nnc(-c2cccc(C(F)(F)F)c2)c1-c1ccnc(NC(C)c2ccccc2)n1. The standard InChI is InChI=1S/C32H33F3N6O2/c1-19-27(26-12-15-36-31(38-26)37-20(2)22-8-5-4-6-9-22)29(24-10-7-11-25(18-24)32(33,34)35)40-39-28(19)23-13-16-41(17-14-23)30(43)21(3)42/h4-12,15,18,20-21,23,42H,13-14,16-17H2,1-3H3,(H,36,37,38). The molecule has 4 aromatic rings. The molecule has 8 nitrogen and oxygen atoms in total. The van der Waals surface area contributed by atoms with Gasteiger partial charge in [0.05, 0.1) is 23.0 Å². The van der Waals surface area contributed by atoms with Crippen LogP contribution in [0.25, 0.3) is 22.5 Å². The molecular formula is C32H33F3N6O2. The Morgan fingerprint density at radius 2 is 1.74 bits per heavy atom. The Balaban J connectivity index is 1.55. The molecule has 2 aromatic carbocycles. The number of aromatic nitrogens is 4. The van der Waals surface area contributed by atoms with E-state index in [9.17, 15) is 23.1 Å². The molecule has 5 rings (SSSR count). The van der Waals surface area contributed by atoms with Gasteiger partial charge in [0.1, 0.15) is 11.8 Å². The van der Waals surface area contributed by atoms with E-state index in [2.05, 4.69) is 20.5 Å². The number of hydrogen-bond acceptors (Lipinski definition) is 7. The van der Waals surface area contributed by atoms with Crippen molar-refractivity contribution < 1.29 is 23.1 Å². The number of amides is 1. The number of aliphatic hydroxyl groups is 1. The van der Waals surface area contributed by atoms with Gasteiger partial charge in [-0.1, -0.05) is 42.5 Å². The predicted octanol–water partition coefficient (Wildman–Crippen LogP) is 6.19. The summed E-state index contributed by atoms with van der Waals surface area (Å²) in [6, 6.07) is 16.5. The number of carbonyl (C=O) groups is 1. The zero-order valence-corrected chi connectivity index (χ0v) is 24.1. The minimum absolute atomic E-state index is 0.0302. The van der Waals surface area contributed by atoms with Crippen molar-refractivity contribution in [2.75, 3.05) is 18.4 Å². The minimum atomic E-state index is -4.52. The molecule has 2 aromatic heterocycles. The van der Waals surface area contributed by atoms with Gasteiger partial charge in [-0.15, -0.1) is 5.10 Å². The van der Waals surface area contributed by atoms with Crippen molar-refractivity contribution in [3.05, 3.63) is 89.2 Å². The lowest BCUT2D eigenvalue weighted by Gasteiger charge is -2.33. The number of piperidine rings is 1. The molecule has 0 saturated carbocycles. The molecule has 3 heterocycles. The maximum absolute atomic E-state index is 13.6. The van der Waals surface area contributed by atoms with E-state index in [1.807, 2.05) is 44.2 Å². The zero-order chi connectivity index (χ0) is 30.7. The fraction of sp³-hybridized carbons (Fsp3) is 0.344. The second-order valence-electron chi connectivity index (χ2n) is 10.8. The summed E-state index contributed by atoms with van der Waals surface area (Å²) in [5.74, 6) is 0.0246. The molecule has 1 aliphatic rings. The Morgan fingerprint density at radius 1 is 1.02 bits per heavy atom. The van der Waals surface area contributed by atoms with Crippen LogP contribution in [0.1, 0.15) is 61.0 Å². The van der Waals surface area contributed by atoms with E-state index in [0.717, 1.165) is 23.3 Å². The molecule has 43 heavy (non-hydrogen) atoms. The van der Waals surface area contributed by atoms with Gasteiger partial charge in [0.2, 0.25) is 5.95 Å². The maximum Gasteiger partial charge on any atom is 0.416 e. The van der Waals surface area contributed by atoms with Crippen molar-refractivity contribution in [2.45, 2.75) is 57.9 Å². The first-order chi connectivity index (χ1) is 20.5. The number of halogens is 3. The molecule has 224 valence electrons. The van der Waals surface area contributed by atoms with E-state index < -0.39 is 17.8 Å². The fourth-order valence-electron chi connectivity index (χ4n) is 5.50. The number of aliphatic hydroxyl groups excluding tert-OH is 1. The number of rotatable bonds is 7. The quantitative estimate of drug-likeness (QED) is 0.265. The number of nitrogens with one attached hydrogen (secondary N) is 1. The first kappa shape index (κ1) is 30.1. The number of hydrogen-bond donors (Lipinski definition) is 2. The first-order valence-corrected chi connectivity index (χ1v) is 14.2. The van der Waals surface area contributed by atoms with Crippen molar-refractivity contribution in [3.63, 3.8) is 0 Å². The summed E-state index contributed by atoms with van der Waals surface area (Å²) in [5, 5.41) is 22.0. The van der Waals surface area contributed by atoms with Gasteiger partial charge in [0, 0.05) is 36.3 Å². The van der Waals surface area contributed by atoms with Gasteiger partial charge in [0.25, 0.3) is 5.91 Å². The summed E-state index contributed by atoms with van der Waals surface area (Å²) in [7, 11) is 0.